The van der Waals surface area contributed by atoms with Crippen molar-refractivity contribution in [2.24, 2.45) is 11.7 Å². The van der Waals surface area contributed by atoms with Crippen LogP contribution in [0.5, 0.6) is 0 Å². The van der Waals surface area contributed by atoms with Crippen molar-refractivity contribution < 1.29 is 4.92 Å². The van der Waals surface area contributed by atoms with E-state index in [0.29, 0.717) is 30.5 Å². The Balaban J connectivity index is 2.16. The molecule has 0 bridgehead atoms. The lowest BCUT2D eigenvalue weighted by atomic mass is 10.2. The van der Waals surface area contributed by atoms with Gasteiger partial charge in [0.25, 0.3) is 0 Å². The van der Waals surface area contributed by atoms with Crippen LogP contribution in [0.15, 0.2) is 0 Å². The highest BCUT2D eigenvalue weighted by molar-refractivity contribution is 5.59. The fourth-order valence-corrected chi connectivity index (χ4v) is 2.24. The number of aromatic nitrogens is 2. The van der Waals surface area contributed by atoms with Crippen molar-refractivity contribution in [3.63, 3.8) is 0 Å². The normalized spacial score (nSPS) is 16.4. The average Bonchev–Trinajstić information content (AvgIpc) is 3.12. The molecule has 0 aromatic carbocycles. The van der Waals surface area contributed by atoms with Crippen LogP contribution in [0.2, 0.25) is 0 Å². The van der Waals surface area contributed by atoms with E-state index in [1.807, 2.05) is 6.92 Å². The summed E-state index contributed by atoms with van der Waals surface area (Å²) >= 11 is 0. The third-order valence-electron chi connectivity index (χ3n) is 3.45. The molecule has 1 atom stereocenters. The molecule has 2 rings (SSSR count). The Hall–Kier alpha value is -1.63. The standard InChI is InChI=1S/C12H21N5O2/c1-3-6-16-12(11(17(18)19)8(2)15-16)14-7-10(13)9-4-5-9/h9-10,14H,3-7,13H2,1-2H3. The lowest BCUT2D eigenvalue weighted by Gasteiger charge is -2.13. The number of hydrogen-bond donors (Lipinski definition) is 2. The van der Waals surface area contributed by atoms with Crippen molar-refractivity contribution in [1.29, 1.82) is 0 Å². The molecule has 1 heterocycles. The molecule has 0 spiro atoms. The van der Waals surface area contributed by atoms with E-state index in [-0.39, 0.29) is 16.7 Å². The zero-order valence-electron chi connectivity index (χ0n) is 11.4. The molecule has 3 N–H and O–H groups in total. The van der Waals surface area contributed by atoms with Gasteiger partial charge in [-0.25, -0.2) is 4.68 Å². The Labute approximate surface area is 112 Å². The van der Waals surface area contributed by atoms with Crippen molar-refractivity contribution in [2.45, 2.75) is 45.7 Å². The van der Waals surface area contributed by atoms with Crippen LogP contribution < -0.4 is 11.1 Å². The van der Waals surface area contributed by atoms with Gasteiger partial charge < -0.3 is 11.1 Å². The maximum absolute atomic E-state index is 11.1. The van der Waals surface area contributed by atoms with Crippen molar-refractivity contribution >= 4 is 11.5 Å². The van der Waals surface area contributed by atoms with E-state index in [2.05, 4.69) is 10.4 Å². The minimum atomic E-state index is -0.376. The zero-order valence-corrected chi connectivity index (χ0v) is 11.4. The second-order valence-corrected chi connectivity index (χ2v) is 5.15. The molecule has 0 aliphatic heterocycles. The first-order chi connectivity index (χ1) is 9.04. The van der Waals surface area contributed by atoms with Gasteiger partial charge in [0.05, 0.1) is 4.92 Å². The summed E-state index contributed by atoms with van der Waals surface area (Å²) in [7, 11) is 0. The molecule has 0 radical (unpaired) electrons. The van der Waals surface area contributed by atoms with E-state index in [4.69, 9.17) is 5.73 Å². The molecule has 1 unspecified atom stereocenters. The average molecular weight is 267 g/mol. The van der Waals surface area contributed by atoms with Gasteiger partial charge in [0.1, 0.15) is 5.69 Å². The van der Waals surface area contributed by atoms with Gasteiger partial charge in [0.2, 0.25) is 5.82 Å². The number of rotatable bonds is 7. The molecule has 106 valence electrons. The molecule has 1 aliphatic rings. The summed E-state index contributed by atoms with van der Waals surface area (Å²) in [5.41, 5.74) is 6.53. The van der Waals surface area contributed by atoms with Crippen molar-refractivity contribution in [3.8, 4) is 0 Å². The van der Waals surface area contributed by atoms with Crippen LogP contribution in [-0.4, -0.2) is 27.3 Å². The summed E-state index contributed by atoms with van der Waals surface area (Å²) in [6.07, 6.45) is 3.21. The van der Waals surface area contributed by atoms with Crippen LogP contribution in [0.1, 0.15) is 31.9 Å². The lowest BCUT2D eigenvalue weighted by Crippen LogP contribution is -2.31. The minimum Gasteiger partial charge on any atom is -0.363 e. The van der Waals surface area contributed by atoms with E-state index >= 15 is 0 Å². The molecule has 1 fully saturated rings. The lowest BCUT2D eigenvalue weighted by molar-refractivity contribution is -0.384. The minimum absolute atomic E-state index is 0.0601. The summed E-state index contributed by atoms with van der Waals surface area (Å²) in [5, 5.41) is 18.5. The number of hydrogen-bond acceptors (Lipinski definition) is 5. The van der Waals surface area contributed by atoms with Crippen LogP contribution in [0, 0.1) is 23.0 Å². The van der Waals surface area contributed by atoms with E-state index in [1.54, 1.807) is 11.6 Å². The summed E-state index contributed by atoms with van der Waals surface area (Å²) in [6.45, 7) is 4.90. The largest absolute Gasteiger partial charge is 0.363 e. The Morgan fingerprint density at radius 1 is 1.63 bits per heavy atom. The van der Waals surface area contributed by atoms with Crippen LogP contribution in [-0.2, 0) is 6.54 Å². The highest BCUT2D eigenvalue weighted by atomic mass is 16.6. The molecule has 0 amide bonds. The predicted octanol–water partition coefficient (Wildman–Crippen LogP) is 1.66. The van der Waals surface area contributed by atoms with E-state index < -0.39 is 0 Å². The predicted molar refractivity (Wildman–Crippen MR) is 73.1 cm³/mol. The van der Waals surface area contributed by atoms with E-state index in [0.717, 1.165) is 19.3 Å². The Morgan fingerprint density at radius 3 is 2.84 bits per heavy atom. The summed E-state index contributed by atoms with van der Waals surface area (Å²) in [4.78, 5) is 10.8. The highest BCUT2D eigenvalue weighted by Crippen LogP contribution is 2.33. The van der Waals surface area contributed by atoms with Gasteiger partial charge >= 0.3 is 5.69 Å². The SMILES string of the molecule is CCCn1nc(C)c([N+](=O)[O-])c1NCC(N)C1CC1. The van der Waals surface area contributed by atoms with E-state index in [1.165, 1.54) is 0 Å². The highest BCUT2D eigenvalue weighted by Gasteiger charge is 2.30. The van der Waals surface area contributed by atoms with Gasteiger partial charge in [0.15, 0.2) is 0 Å². The van der Waals surface area contributed by atoms with Crippen molar-refractivity contribution in [3.05, 3.63) is 15.8 Å². The molecule has 7 nitrogen and oxygen atoms in total. The summed E-state index contributed by atoms with van der Waals surface area (Å²) in [5.74, 6) is 1.05. The third-order valence-corrected chi connectivity index (χ3v) is 3.45. The van der Waals surface area contributed by atoms with Gasteiger partial charge in [-0.05, 0) is 32.1 Å². The van der Waals surface area contributed by atoms with E-state index in [9.17, 15) is 10.1 Å². The molecule has 1 aliphatic carbocycles. The number of nitro groups is 1. The van der Waals surface area contributed by atoms with Crippen molar-refractivity contribution in [2.75, 3.05) is 11.9 Å². The molecule has 1 aromatic rings. The Morgan fingerprint density at radius 2 is 2.32 bits per heavy atom. The molecule has 19 heavy (non-hydrogen) atoms. The fourth-order valence-electron chi connectivity index (χ4n) is 2.24. The quantitative estimate of drug-likeness (QED) is 0.578. The number of nitrogens with one attached hydrogen (secondary N) is 1. The maximum atomic E-state index is 11.1. The maximum Gasteiger partial charge on any atom is 0.333 e. The van der Waals surface area contributed by atoms with Gasteiger partial charge in [-0.15, -0.1) is 0 Å². The molecule has 0 saturated heterocycles. The van der Waals surface area contributed by atoms with Crippen LogP contribution >= 0.6 is 0 Å². The molecule has 7 heteroatoms. The number of nitrogens with two attached hydrogens (primary N) is 1. The zero-order chi connectivity index (χ0) is 14.0. The molecule has 1 aromatic heterocycles. The van der Waals surface area contributed by atoms with Gasteiger partial charge in [-0.1, -0.05) is 6.92 Å². The second kappa shape index (κ2) is 5.56. The summed E-state index contributed by atoms with van der Waals surface area (Å²) in [6, 6.07) is 0.0601. The smallest absolute Gasteiger partial charge is 0.333 e. The Bertz CT molecular complexity index is 467. The van der Waals surface area contributed by atoms with Crippen molar-refractivity contribution in [1.82, 2.24) is 9.78 Å². The van der Waals surface area contributed by atoms with Gasteiger partial charge in [0, 0.05) is 19.1 Å². The summed E-state index contributed by atoms with van der Waals surface area (Å²) < 4.78 is 1.67. The number of aryl methyl sites for hydroxylation is 2. The van der Waals surface area contributed by atoms with Crippen LogP contribution in [0.3, 0.4) is 0 Å². The van der Waals surface area contributed by atoms with Gasteiger partial charge in [-0.3, -0.25) is 10.1 Å². The second-order valence-electron chi connectivity index (χ2n) is 5.15. The molecular weight excluding hydrogens is 246 g/mol. The third kappa shape index (κ3) is 3.04. The Kier molecular flexibility index (Phi) is 4.04. The number of nitrogens with zero attached hydrogens (tertiary/aromatic N) is 3. The first-order valence-corrected chi connectivity index (χ1v) is 6.75. The topological polar surface area (TPSA) is 99.0 Å². The first kappa shape index (κ1) is 13.8. The first-order valence-electron chi connectivity index (χ1n) is 6.75. The van der Waals surface area contributed by atoms with Crippen LogP contribution in [0.25, 0.3) is 0 Å². The number of anilines is 1. The molecule has 1 saturated carbocycles. The van der Waals surface area contributed by atoms with Gasteiger partial charge in [-0.2, -0.15) is 5.10 Å². The fraction of sp³-hybridized carbons (Fsp3) is 0.750. The van der Waals surface area contributed by atoms with Crippen LogP contribution in [0.4, 0.5) is 11.5 Å². The molecular formula is C12H21N5O2. The monoisotopic (exact) mass is 267 g/mol.